The van der Waals surface area contributed by atoms with E-state index in [2.05, 4.69) is 43.0 Å². The summed E-state index contributed by atoms with van der Waals surface area (Å²) in [5, 5.41) is 0. The Bertz CT molecular complexity index is 204. The highest BCUT2D eigenvalue weighted by atomic mass is 127. The number of carbonyl (C=O) groups is 1. The summed E-state index contributed by atoms with van der Waals surface area (Å²) in [6.07, 6.45) is 1.33. The molecule has 0 saturated heterocycles. The van der Waals surface area contributed by atoms with E-state index in [-0.39, 0.29) is 5.92 Å². The molecule has 0 saturated carbocycles. The van der Waals surface area contributed by atoms with Crippen LogP contribution in [0.25, 0.3) is 0 Å². The van der Waals surface area contributed by atoms with Gasteiger partial charge in [-0.3, -0.25) is 0 Å². The number of primary amides is 1. The molecule has 0 aliphatic rings. The zero-order valence-electron chi connectivity index (χ0n) is 8.75. The summed E-state index contributed by atoms with van der Waals surface area (Å²) >= 11 is 2.31. The Labute approximate surface area is 99.2 Å². The average molecular weight is 311 g/mol. The molecule has 4 heteroatoms. The van der Waals surface area contributed by atoms with Gasteiger partial charge in [0.15, 0.2) is 0 Å². The number of halogens is 1. The molecule has 0 aromatic rings. The first-order chi connectivity index (χ1) is 6.49. The number of carbonyl (C=O) groups excluding carboxylic acids is 1. The fraction of sp³-hybridized carbons (Fsp3) is 0.700. The molecule has 0 fully saturated rings. The van der Waals surface area contributed by atoms with Gasteiger partial charge in [0.05, 0.1) is 0 Å². The van der Waals surface area contributed by atoms with Gasteiger partial charge in [0.25, 0.3) is 0 Å². The van der Waals surface area contributed by atoms with Gasteiger partial charge in [0.2, 0.25) is 0 Å². The van der Waals surface area contributed by atoms with Crippen LogP contribution in [0.1, 0.15) is 26.7 Å². The molecule has 0 aromatic heterocycles. The van der Waals surface area contributed by atoms with E-state index in [1.807, 2.05) is 0 Å². The van der Waals surface area contributed by atoms with Crippen LogP contribution in [0, 0.1) is 5.92 Å². The number of rotatable bonds is 6. The number of amides is 1. The van der Waals surface area contributed by atoms with Gasteiger partial charge in [-0.05, 0) is 6.42 Å². The SMILES string of the molecule is C=C(CCC)C(COC(N)=O)C(C)I. The summed E-state index contributed by atoms with van der Waals surface area (Å²) in [5.41, 5.74) is 6.06. The summed E-state index contributed by atoms with van der Waals surface area (Å²) in [5.74, 6) is 0.211. The second kappa shape index (κ2) is 7.09. The third kappa shape index (κ3) is 5.47. The molecule has 0 aromatic carbocycles. The summed E-state index contributed by atoms with van der Waals surface area (Å²) < 4.78 is 5.20. The predicted octanol–water partition coefficient (Wildman–Crippen LogP) is 2.88. The molecule has 0 spiro atoms. The van der Waals surface area contributed by atoms with Crippen molar-refractivity contribution in [2.24, 2.45) is 11.7 Å². The fourth-order valence-electron chi connectivity index (χ4n) is 1.25. The zero-order chi connectivity index (χ0) is 11.1. The van der Waals surface area contributed by atoms with Crippen molar-refractivity contribution < 1.29 is 9.53 Å². The standard InChI is InChI=1S/C10H18INO2/c1-4-5-7(2)9(8(3)11)6-14-10(12)13/h8-9H,2,4-6H2,1,3H3,(H2,12,13). The minimum absolute atomic E-state index is 0.211. The van der Waals surface area contributed by atoms with Crippen LogP contribution in [0.2, 0.25) is 0 Å². The van der Waals surface area contributed by atoms with E-state index in [0.29, 0.717) is 10.5 Å². The third-order valence-electron chi connectivity index (χ3n) is 2.06. The van der Waals surface area contributed by atoms with Crippen molar-refractivity contribution in [3.63, 3.8) is 0 Å². The van der Waals surface area contributed by atoms with Gasteiger partial charge in [0.1, 0.15) is 6.61 Å². The molecule has 3 nitrogen and oxygen atoms in total. The number of hydrogen-bond acceptors (Lipinski definition) is 2. The minimum Gasteiger partial charge on any atom is -0.449 e. The Morgan fingerprint density at radius 3 is 2.57 bits per heavy atom. The van der Waals surface area contributed by atoms with E-state index in [0.717, 1.165) is 18.4 Å². The Hall–Kier alpha value is -0.260. The lowest BCUT2D eigenvalue weighted by Gasteiger charge is -2.21. The molecule has 2 atom stereocenters. The summed E-state index contributed by atoms with van der Waals surface area (Å²) in [6, 6.07) is 0. The summed E-state index contributed by atoms with van der Waals surface area (Å²) in [4.78, 5) is 10.5. The predicted molar refractivity (Wildman–Crippen MR) is 66.6 cm³/mol. The average Bonchev–Trinajstić information content (AvgIpc) is 2.03. The van der Waals surface area contributed by atoms with Gasteiger partial charge >= 0.3 is 6.09 Å². The number of alkyl halides is 1. The molecular formula is C10H18INO2. The maximum atomic E-state index is 10.5. The van der Waals surface area contributed by atoms with E-state index in [9.17, 15) is 4.79 Å². The van der Waals surface area contributed by atoms with Crippen LogP contribution in [0.15, 0.2) is 12.2 Å². The van der Waals surface area contributed by atoms with Crippen LogP contribution in [-0.4, -0.2) is 16.6 Å². The van der Waals surface area contributed by atoms with Gasteiger partial charge in [-0.25, -0.2) is 4.79 Å². The lowest BCUT2D eigenvalue weighted by atomic mass is 9.95. The van der Waals surface area contributed by atoms with E-state index in [1.54, 1.807) is 0 Å². The van der Waals surface area contributed by atoms with Crippen molar-refractivity contribution in [1.82, 2.24) is 0 Å². The number of ether oxygens (including phenoxy) is 1. The van der Waals surface area contributed by atoms with Gasteiger partial charge < -0.3 is 10.5 Å². The largest absolute Gasteiger partial charge is 0.449 e. The Morgan fingerprint density at radius 2 is 2.21 bits per heavy atom. The number of nitrogens with two attached hydrogens (primary N) is 1. The number of hydrogen-bond donors (Lipinski definition) is 1. The smallest absolute Gasteiger partial charge is 0.404 e. The second-order valence-electron chi connectivity index (χ2n) is 3.32. The van der Waals surface area contributed by atoms with E-state index in [1.165, 1.54) is 0 Å². The molecule has 14 heavy (non-hydrogen) atoms. The highest BCUT2D eigenvalue weighted by Gasteiger charge is 2.18. The molecule has 2 unspecified atom stereocenters. The van der Waals surface area contributed by atoms with Crippen molar-refractivity contribution in [1.29, 1.82) is 0 Å². The zero-order valence-corrected chi connectivity index (χ0v) is 10.9. The second-order valence-corrected chi connectivity index (χ2v) is 5.29. The normalized spacial score (nSPS) is 14.5. The molecule has 0 aliphatic carbocycles. The van der Waals surface area contributed by atoms with E-state index >= 15 is 0 Å². The van der Waals surface area contributed by atoms with Gasteiger partial charge in [-0.15, -0.1) is 0 Å². The monoisotopic (exact) mass is 311 g/mol. The maximum Gasteiger partial charge on any atom is 0.404 e. The molecule has 1 amide bonds. The van der Waals surface area contributed by atoms with Crippen LogP contribution < -0.4 is 5.73 Å². The Balaban J connectivity index is 4.14. The van der Waals surface area contributed by atoms with Crippen LogP contribution in [0.5, 0.6) is 0 Å². The van der Waals surface area contributed by atoms with Crippen molar-refractivity contribution >= 4 is 28.7 Å². The Morgan fingerprint density at radius 1 is 1.64 bits per heavy atom. The Kier molecular flexibility index (Phi) is 6.96. The summed E-state index contributed by atoms with van der Waals surface area (Å²) in [6.45, 7) is 8.54. The van der Waals surface area contributed by atoms with Crippen molar-refractivity contribution in [2.75, 3.05) is 6.61 Å². The molecule has 0 radical (unpaired) electrons. The molecule has 0 bridgehead atoms. The molecule has 0 aliphatic heterocycles. The molecule has 0 heterocycles. The highest BCUT2D eigenvalue weighted by Crippen LogP contribution is 2.24. The quantitative estimate of drug-likeness (QED) is 0.466. The fourth-order valence-corrected chi connectivity index (χ4v) is 1.97. The van der Waals surface area contributed by atoms with Gasteiger partial charge in [-0.1, -0.05) is 55.0 Å². The lowest BCUT2D eigenvalue weighted by molar-refractivity contribution is 0.143. The van der Waals surface area contributed by atoms with Crippen LogP contribution >= 0.6 is 22.6 Å². The topological polar surface area (TPSA) is 52.3 Å². The van der Waals surface area contributed by atoms with Crippen molar-refractivity contribution in [3.8, 4) is 0 Å². The van der Waals surface area contributed by atoms with Gasteiger partial charge in [-0.2, -0.15) is 0 Å². The van der Waals surface area contributed by atoms with E-state index < -0.39 is 6.09 Å². The van der Waals surface area contributed by atoms with Crippen LogP contribution in [0.4, 0.5) is 4.79 Å². The first-order valence-electron chi connectivity index (χ1n) is 4.73. The van der Waals surface area contributed by atoms with Crippen molar-refractivity contribution in [3.05, 3.63) is 12.2 Å². The van der Waals surface area contributed by atoms with Crippen LogP contribution in [-0.2, 0) is 4.74 Å². The molecular weight excluding hydrogens is 293 g/mol. The molecule has 0 rings (SSSR count). The minimum atomic E-state index is -0.712. The molecule has 82 valence electrons. The lowest BCUT2D eigenvalue weighted by Crippen LogP contribution is -2.24. The van der Waals surface area contributed by atoms with Crippen molar-refractivity contribution in [2.45, 2.75) is 30.6 Å². The molecule has 2 N–H and O–H groups in total. The first kappa shape index (κ1) is 13.7. The third-order valence-corrected chi connectivity index (χ3v) is 2.92. The van der Waals surface area contributed by atoms with Gasteiger partial charge in [0, 0.05) is 9.84 Å². The van der Waals surface area contributed by atoms with Crippen LogP contribution in [0.3, 0.4) is 0 Å². The van der Waals surface area contributed by atoms with E-state index in [4.69, 9.17) is 10.5 Å². The maximum absolute atomic E-state index is 10.5. The highest BCUT2D eigenvalue weighted by molar-refractivity contribution is 14.1. The first-order valence-corrected chi connectivity index (χ1v) is 5.97. The summed E-state index contributed by atoms with van der Waals surface area (Å²) in [7, 11) is 0.